The average Bonchev–Trinajstić information content (AvgIpc) is 2.21. The molecule has 0 atom stereocenters. The molecule has 0 amide bonds. The maximum absolute atomic E-state index is 5.79. The van der Waals surface area contributed by atoms with Crippen molar-refractivity contribution < 1.29 is 0 Å². The fraction of sp³-hybridized carbons (Fsp3) is 0. The van der Waals surface area contributed by atoms with Crippen molar-refractivity contribution in [2.75, 3.05) is 0 Å². The van der Waals surface area contributed by atoms with Crippen LogP contribution in [0.3, 0.4) is 0 Å². The van der Waals surface area contributed by atoms with Crippen LogP contribution < -0.4 is 0 Å². The number of thiophene rings is 2. The summed E-state index contributed by atoms with van der Waals surface area (Å²) < 4.78 is 3.33. The van der Waals surface area contributed by atoms with Gasteiger partial charge in [0.2, 0.25) is 0 Å². The Morgan fingerprint density at radius 1 is 1.30 bits per heavy atom. The largest absolute Gasteiger partial charge is 0.117 e. The molecule has 0 saturated carbocycles. The van der Waals surface area contributed by atoms with Gasteiger partial charge in [0.25, 0.3) is 0 Å². The summed E-state index contributed by atoms with van der Waals surface area (Å²) in [5.74, 6) is 0. The lowest BCUT2D eigenvalue weighted by Gasteiger charge is -1.71. The minimum Gasteiger partial charge on any atom is -0.117 e. The van der Waals surface area contributed by atoms with Crippen LogP contribution in [0.25, 0.3) is 9.40 Å². The van der Waals surface area contributed by atoms with E-state index in [0.29, 0.717) is 0 Å². The molecule has 0 radical (unpaired) electrons. The third-order valence-electron chi connectivity index (χ3n) is 1.15. The van der Waals surface area contributed by atoms with Gasteiger partial charge in [0.15, 0.2) is 0 Å². The van der Waals surface area contributed by atoms with Crippen molar-refractivity contribution in [3.8, 4) is 0 Å². The molecule has 0 bridgehead atoms. The molecule has 0 aliphatic carbocycles. The molecule has 0 aromatic carbocycles. The van der Waals surface area contributed by atoms with Gasteiger partial charge in [-0.25, -0.2) is 0 Å². The molecule has 52 valence electrons. The van der Waals surface area contributed by atoms with Crippen LogP contribution in [0.15, 0.2) is 15.9 Å². The zero-order chi connectivity index (χ0) is 7.14. The van der Waals surface area contributed by atoms with E-state index in [2.05, 4.69) is 22.0 Å². The predicted octanol–water partition coefficient (Wildman–Crippen LogP) is 4.38. The van der Waals surface area contributed by atoms with Crippen LogP contribution in [0.4, 0.5) is 0 Å². The van der Waals surface area contributed by atoms with Crippen LogP contribution in [-0.2, 0) is 0 Å². The van der Waals surface area contributed by atoms with Gasteiger partial charge in [0, 0.05) is 5.39 Å². The number of hydrogen-bond acceptors (Lipinski definition) is 2. The SMILES string of the molecule is Clc1cc2cc(Br)sc2s1. The molecule has 0 unspecified atom stereocenters. The highest BCUT2D eigenvalue weighted by Gasteiger charge is 2.02. The minimum atomic E-state index is 0.869. The fourth-order valence-electron chi connectivity index (χ4n) is 0.779. The van der Waals surface area contributed by atoms with Gasteiger partial charge in [0.1, 0.15) is 0 Å². The van der Waals surface area contributed by atoms with Crippen molar-refractivity contribution in [3.05, 3.63) is 20.3 Å². The topological polar surface area (TPSA) is 0 Å². The van der Waals surface area contributed by atoms with E-state index in [-0.39, 0.29) is 0 Å². The summed E-state index contributed by atoms with van der Waals surface area (Å²) in [6.07, 6.45) is 0. The lowest BCUT2D eigenvalue weighted by Crippen LogP contribution is -1.42. The molecule has 2 rings (SSSR count). The first kappa shape index (κ1) is 7.10. The van der Waals surface area contributed by atoms with Gasteiger partial charge in [-0.2, -0.15) is 0 Å². The van der Waals surface area contributed by atoms with Gasteiger partial charge in [0.05, 0.1) is 12.1 Å². The van der Waals surface area contributed by atoms with Gasteiger partial charge in [-0.3, -0.25) is 0 Å². The highest BCUT2D eigenvalue weighted by atomic mass is 79.9. The van der Waals surface area contributed by atoms with Crippen molar-refractivity contribution in [2.24, 2.45) is 0 Å². The summed E-state index contributed by atoms with van der Waals surface area (Å²) in [4.78, 5) is 0. The minimum absolute atomic E-state index is 0.869. The lowest BCUT2D eigenvalue weighted by molar-refractivity contribution is 2.04. The first-order valence-electron chi connectivity index (χ1n) is 2.60. The Morgan fingerprint density at radius 3 is 2.80 bits per heavy atom. The normalized spacial score (nSPS) is 11.0. The summed E-state index contributed by atoms with van der Waals surface area (Å²) in [5, 5.41) is 1.24. The van der Waals surface area contributed by atoms with E-state index in [4.69, 9.17) is 11.6 Å². The Bertz CT molecular complexity index is 300. The van der Waals surface area contributed by atoms with Gasteiger partial charge in [-0.1, -0.05) is 11.6 Å². The van der Waals surface area contributed by atoms with E-state index in [1.54, 1.807) is 22.7 Å². The molecular formula is C6H2BrClS2. The summed E-state index contributed by atoms with van der Waals surface area (Å²) in [7, 11) is 0. The van der Waals surface area contributed by atoms with Gasteiger partial charge in [-0.05, 0) is 28.1 Å². The average molecular weight is 254 g/mol. The quantitative estimate of drug-likeness (QED) is 0.654. The summed E-state index contributed by atoms with van der Waals surface area (Å²) in [6, 6.07) is 4.07. The number of hydrogen-bond donors (Lipinski definition) is 0. The number of rotatable bonds is 0. The smallest absolute Gasteiger partial charge is 0.0949 e. The van der Waals surface area contributed by atoms with Crippen molar-refractivity contribution in [1.82, 2.24) is 0 Å². The van der Waals surface area contributed by atoms with Crippen molar-refractivity contribution >= 4 is 59.6 Å². The standard InChI is InChI=1S/C6H2BrClS2/c7-4-1-3-2-5(8)10-6(3)9-4/h1-2H. The predicted molar refractivity (Wildman–Crippen MR) is 52.4 cm³/mol. The van der Waals surface area contributed by atoms with Crippen LogP contribution in [-0.4, -0.2) is 0 Å². The van der Waals surface area contributed by atoms with Crippen LogP contribution in [0, 0.1) is 0 Å². The Morgan fingerprint density at radius 2 is 2.10 bits per heavy atom. The second-order valence-corrected chi connectivity index (χ2v) is 6.22. The molecule has 2 aromatic rings. The van der Waals surface area contributed by atoms with Gasteiger partial charge < -0.3 is 0 Å². The van der Waals surface area contributed by atoms with Crippen molar-refractivity contribution in [3.63, 3.8) is 0 Å². The lowest BCUT2D eigenvalue weighted by atomic mass is 10.4. The third kappa shape index (κ3) is 1.11. The molecule has 0 aliphatic rings. The molecule has 2 heterocycles. The summed E-state index contributed by atoms with van der Waals surface area (Å²) >= 11 is 12.5. The Kier molecular flexibility index (Phi) is 1.76. The maximum atomic E-state index is 5.79. The number of fused-ring (bicyclic) bond motifs is 1. The van der Waals surface area contributed by atoms with Crippen molar-refractivity contribution in [1.29, 1.82) is 0 Å². The Hall–Kier alpha value is 0.430. The summed E-state index contributed by atoms with van der Waals surface area (Å²) in [5.41, 5.74) is 0. The Labute approximate surface area is 79.6 Å². The molecule has 2 aromatic heterocycles. The zero-order valence-corrected chi connectivity index (χ0v) is 8.70. The molecule has 4 heteroatoms. The molecular weight excluding hydrogens is 252 g/mol. The van der Waals surface area contributed by atoms with Gasteiger partial charge >= 0.3 is 0 Å². The first-order chi connectivity index (χ1) is 4.75. The first-order valence-corrected chi connectivity index (χ1v) is 5.40. The molecule has 0 N–H and O–H groups in total. The molecule has 0 aliphatic heterocycles. The highest BCUT2D eigenvalue weighted by Crippen LogP contribution is 2.37. The summed E-state index contributed by atoms with van der Waals surface area (Å²) in [6.45, 7) is 0. The zero-order valence-electron chi connectivity index (χ0n) is 4.73. The molecule has 0 spiro atoms. The van der Waals surface area contributed by atoms with E-state index in [1.165, 1.54) is 13.2 Å². The Balaban J connectivity index is 2.83. The van der Waals surface area contributed by atoms with E-state index in [1.807, 2.05) is 6.07 Å². The third-order valence-corrected chi connectivity index (χ3v) is 4.18. The second kappa shape index (κ2) is 2.48. The van der Waals surface area contributed by atoms with E-state index >= 15 is 0 Å². The van der Waals surface area contributed by atoms with E-state index in [9.17, 15) is 0 Å². The van der Waals surface area contributed by atoms with Crippen LogP contribution in [0.5, 0.6) is 0 Å². The molecule has 0 nitrogen and oxygen atoms in total. The molecule has 10 heavy (non-hydrogen) atoms. The molecule has 0 saturated heterocycles. The molecule has 0 fully saturated rings. The van der Waals surface area contributed by atoms with E-state index < -0.39 is 0 Å². The van der Waals surface area contributed by atoms with Crippen LogP contribution in [0.1, 0.15) is 0 Å². The van der Waals surface area contributed by atoms with E-state index in [0.717, 1.165) is 4.34 Å². The second-order valence-electron chi connectivity index (χ2n) is 1.84. The monoisotopic (exact) mass is 252 g/mol. The van der Waals surface area contributed by atoms with Crippen molar-refractivity contribution in [2.45, 2.75) is 0 Å². The maximum Gasteiger partial charge on any atom is 0.0949 e. The van der Waals surface area contributed by atoms with Crippen LogP contribution in [0.2, 0.25) is 4.34 Å². The number of halogens is 2. The highest BCUT2D eigenvalue weighted by molar-refractivity contribution is 9.11. The van der Waals surface area contributed by atoms with Gasteiger partial charge in [-0.15, -0.1) is 22.7 Å². The fourth-order valence-corrected chi connectivity index (χ4v) is 4.22. The van der Waals surface area contributed by atoms with Crippen LogP contribution >= 0.6 is 50.2 Å².